The second-order valence-electron chi connectivity index (χ2n) is 7.49. The van der Waals surface area contributed by atoms with Gasteiger partial charge < -0.3 is 0 Å². The maximum atomic E-state index is 9.77. The van der Waals surface area contributed by atoms with Crippen LogP contribution in [0.3, 0.4) is 0 Å². The van der Waals surface area contributed by atoms with Crippen LogP contribution in [0.25, 0.3) is 0 Å². The van der Waals surface area contributed by atoms with Crippen molar-refractivity contribution >= 4 is 0 Å². The highest BCUT2D eigenvalue weighted by molar-refractivity contribution is 5.39. The zero-order chi connectivity index (χ0) is 13.7. The van der Waals surface area contributed by atoms with E-state index in [4.69, 9.17) is 0 Å². The molecule has 100 valence electrons. The molecule has 1 aromatic rings. The van der Waals surface area contributed by atoms with Gasteiger partial charge in [-0.25, -0.2) is 0 Å². The van der Waals surface area contributed by atoms with Gasteiger partial charge in [0.1, 0.15) is 0 Å². The molecule has 0 N–H and O–H groups in total. The lowest BCUT2D eigenvalue weighted by Crippen LogP contribution is -2.31. The predicted octanol–water partition coefficient (Wildman–Crippen LogP) is 4.57. The number of hydrogen-bond donors (Lipinski definition) is 0. The minimum absolute atomic E-state index is 0.181. The Kier molecular flexibility index (Phi) is 2.75. The molecule has 0 aromatic heterocycles. The third kappa shape index (κ3) is 1.89. The molecular formula is C18H23N. The van der Waals surface area contributed by atoms with Crippen LogP contribution in [-0.2, 0) is 10.8 Å². The molecule has 2 aliphatic carbocycles. The summed E-state index contributed by atoms with van der Waals surface area (Å²) in [6, 6.07) is 11.6. The molecular weight excluding hydrogens is 230 g/mol. The summed E-state index contributed by atoms with van der Waals surface area (Å²) in [6.07, 6.45) is 4.95. The van der Waals surface area contributed by atoms with Gasteiger partial charge in [-0.2, -0.15) is 5.26 Å². The third-order valence-electron chi connectivity index (χ3n) is 5.31. The van der Waals surface area contributed by atoms with E-state index in [0.29, 0.717) is 5.92 Å². The van der Waals surface area contributed by atoms with E-state index in [-0.39, 0.29) is 10.8 Å². The Morgan fingerprint density at radius 1 is 1.16 bits per heavy atom. The molecule has 3 atom stereocenters. The minimum atomic E-state index is -0.181. The van der Waals surface area contributed by atoms with Crippen molar-refractivity contribution < 1.29 is 0 Å². The molecule has 0 radical (unpaired) electrons. The van der Waals surface area contributed by atoms with Crippen molar-refractivity contribution in [3.63, 3.8) is 0 Å². The lowest BCUT2D eigenvalue weighted by Gasteiger charge is -2.32. The van der Waals surface area contributed by atoms with Crippen LogP contribution in [-0.4, -0.2) is 0 Å². The standard InChI is InChI=1S/C18H23N/c1-17(2,3)14-6-8-15(9-7-14)18(12-19)11-13-4-5-16(18)10-13/h6-9,13,16H,4-5,10-11H2,1-3H3. The van der Waals surface area contributed by atoms with Crippen LogP contribution in [0.4, 0.5) is 0 Å². The molecule has 2 saturated carbocycles. The largest absolute Gasteiger partial charge is 0.197 e. The average molecular weight is 253 g/mol. The molecule has 3 rings (SSSR count). The van der Waals surface area contributed by atoms with Crippen LogP contribution in [0.2, 0.25) is 0 Å². The van der Waals surface area contributed by atoms with E-state index in [0.717, 1.165) is 12.3 Å². The molecule has 2 aliphatic rings. The molecule has 2 bridgehead atoms. The van der Waals surface area contributed by atoms with Gasteiger partial charge in [-0.1, -0.05) is 51.5 Å². The summed E-state index contributed by atoms with van der Waals surface area (Å²) >= 11 is 0. The van der Waals surface area contributed by atoms with Gasteiger partial charge in [0.2, 0.25) is 0 Å². The zero-order valence-corrected chi connectivity index (χ0v) is 12.2. The van der Waals surface area contributed by atoms with E-state index in [1.807, 2.05) is 0 Å². The lowest BCUT2D eigenvalue weighted by molar-refractivity contribution is 0.340. The molecule has 1 nitrogen and oxygen atoms in total. The van der Waals surface area contributed by atoms with Gasteiger partial charge in [0.25, 0.3) is 0 Å². The minimum Gasteiger partial charge on any atom is -0.197 e. The number of nitriles is 1. The normalized spacial score (nSPS) is 33.4. The second kappa shape index (κ2) is 4.10. The predicted molar refractivity (Wildman–Crippen MR) is 77.9 cm³/mol. The summed E-state index contributed by atoms with van der Waals surface area (Å²) in [5.41, 5.74) is 2.62. The highest BCUT2D eigenvalue weighted by atomic mass is 14.6. The molecule has 0 spiro atoms. The molecule has 0 heterocycles. The van der Waals surface area contributed by atoms with Crippen LogP contribution in [0.5, 0.6) is 0 Å². The summed E-state index contributed by atoms with van der Waals surface area (Å²) in [5.74, 6) is 1.40. The van der Waals surface area contributed by atoms with Crippen molar-refractivity contribution in [1.82, 2.24) is 0 Å². The second-order valence-corrected chi connectivity index (χ2v) is 7.49. The van der Waals surface area contributed by atoms with Crippen molar-refractivity contribution in [2.45, 2.75) is 57.3 Å². The van der Waals surface area contributed by atoms with Gasteiger partial charge in [0.15, 0.2) is 0 Å². The molecule has 1 heteroatoms. The van der Waals surface area contributed by atoms with Crippen molar-refractivity contribution in [2.75, 3.05) is 0 Å². The average Bonchev–Trinajstić information content (AvgIpc) is 2.98. The lowest BCUT2D eigenvalue weighted by atomic mass is 9.69. The van der Waals surface area contributed by atoms with Gasteiger partial charge >= 0.3 is 0 Å². The summed E-state index contributed by atoms with van der Waals surface area (Å²) < 4.78 is 0. The molecule has 19 heavy (non-hydrogen) atoms. The Hall–Kier alpha value is -1.29. The fourth-order valence-corrected chi connectivity index (χ4v) is 4.15. The van der Waals surface area contributed by atoms with Gasteiger partial charge in [0.05, 0.1) is 11.5 Å². The number of fused-ring (bicyclic) bond motifs is 2. The monoisotopic (exact) mass is 253 g/mol. The van der Waals surface area contributed by atoms with E-state index in [9.17, 15) is 5.26 Å². The van der Waals surface area contributed by atoms with E-state index < -0.39 is 0 Å². The van der Waals surface area contributed by atoms with Crippen LogP contribution in [0, 0.1) is 23.2 Å². The van der Waals surface area contributed by atoms with Gasteiger partial charge in [0, 0.05) is 0 Å². The highest BCUT2D eigenvalue weighted by Gasteiger charge is 2.52. The highest BCUT2D eigenvalue weighted by Crippen LogP contribution is 2.56. The van der Waals surface area contributed by atoms with Gasteiger partial charge in [-0.15, -0.1) is 0 Å². The fraction of sp³-hybridized carbons (Fsp3) is 0.611. The van der Waals surface area contributed by atoms with E-state index in [1.165, 1.54) is 30.4 Å². The first-order valence-corrected chi connectivity index (χ1v) is 7.48. The number of rotatable bonds is 1. The Bertz CT molecular complexity index is 514. The molecule has 3 unspecified atom stereocenters. The first kappa shape index (κ1) is 12.7. The Balaban J connectivity index is 1.96. The topological polar surface area (TPSA) is 23.8 Å². The third-order valence-corrected chi connectivity index (χ3v) is 5.31. The van der Waals surface area contributed by atoms with Gasteiger partial charge in [-0.05, 0) is 47.6 Å². The Morgan fingerprint density at radius 2 is 1.84 bits per heavy atom. The van der Waals surface area contributed by atoms with E-state index >= 15 is 0 Å². The molecule has 0 aliphatic heterocycles. The van der Waals surface area contributed by atoms with E-state index in [2.05, 4.69) is 51.1 Å². The SMILES string of the molecule is CC(C)(C)c1ccc(C2(C#N)CC3CCC2C3)cc1. The smallest absolute Gasteiger partial charge is 0.0853 e. The summed E-state index contributed by atoms with van der Waals surface area (Å²) in [7, 11) is 0. The quantitative estimate of drug-likeness (QED) is 0.719. The first-order chi connectivity index (χ1) is 8.95. The summed E-state index contributed by atoms with van der Waals surface area (Å²) in [4.78, 5) is 0. The summed E-state index contributed by atoms with van der Waals surface area (Å²) in [5, 5.41) is 9.77. The summed E-state index contributed by atoms with van der Waals surface area (Å²) in [6.45, 7) is 6.71. The van der Waals surface area contributed by atoms with Crippen molar-refractivity contribution in [1.29, 1.82) is 5.26 Å². The Labute approximate surface area is 116 Å². The van der Waals surface area contributed by atoms with Crippen molar-refractivity contribution in [2.24, 2.45) is 11.8 Å². The van der Waals surface area contributed by atoms with Crippen molar-refractivity contribution in [3.8, 4) is 6.07 Å². The fourth-order valence-electron chi connectivity index (χ4n) is 4.15. The van der Waals surface area contributed by atoms with Crippen molar-refractivity contribution in [3.05, 3.63) is 35.4 Å². The van der Waals surface area contributed by atoms with Crippen LogP contribution < -0.4 is 0 Å². The maximum absolute atomic E-state index is 9.77. The van der Waals surface area contributed by atoms with Crippen LogP contribution in [0.1, 0.15) is 57.6 Å². The number of hydrogen-bond acceptors (Lipinski definition) is 1. The molecule has 1 aromatic carbocycles. The van der Waals surface area contributed by atoms with E-state index in [1.54, 1.807) is 0 Å². The maximum Gasteiger partial charge on any atom is 0.0853 e. The Morgan fingerprint density at radius 3 is 2.26 bits per heavy atom. The number of benzene rings is 1. The molecule has 0 amide bonds. The van der Waals surface area contributed by atoms with Crippen LogP contribution in [0.15, 0.2) is 24.3 Å². The molecule has 0 saturated heterocycles. The first-order valence-electron chi connectivity index (χ1n) is 7.48. The van der Waals surface area contributed by atoms with Crippen LogP contribution >= 0.6 is 0 Å². The van der Waals surface area contributed by atoms with Gasteiger partial charge in [-0.3, -0.25) is 0 Å². The zero-order valence-electron chi connectivity index (χ0n) is 12.2. The molecule has 2 fully saturated rings. The number of nitrogens with zero attached hydrogens (tertiary/aromatic N) is 1.